The Morgan fingerprint density at radius 3 is 2.61 bits per heavy atom. The lowest BCUT2D eigenvalue weighted by Crippen LogP contribution is -2.07. The fourth-order valence-electron chi connectivity index (χ4n) is 1.35. The third-order valence-corrected chi connectivity index (χ3v) is 2.20. The number of carbonyl (C=O) groups excluding carboxylic acids is 1. The Balaban J connectivity index is 1.97. The molecule has 0 bridgehead atoms. The maximum absolute atomic E-state index is 12.7. The van der Waals surface area contributed by atoms with Crippen molar-refractivity contribution < 1.29 is 9.18 Å². The van der Waals surface area contributed by atoms with Crippen molar-refractivity contribution in [3.05, 3.63) is 66.2 Å². The fraction of sp³-hybridized carbons (Fsp3) is 0. The van der Waals surface area contributed by atoms with Gasteiger partial charge < -0.3 is 5.32 Å². The smallest absolute Gasteiger partial charge is 0.248 e. The molecule has 1 N–H and O–H groups in total. The molecule has 1 amide bonds. The second-order valence-electron chi connectivity index (χ2n) is 3.58. The van der Waals surface area contributed by atoms with Gasteiger partial charge in [0, 0.05) is 18.0 Å². The van der Waals surface area contributed by atoms with E-state index in [1.165, 1.54) is 30.3 Å². The highest BCUT2D eigenvalue weighted by Crippen LogP contribution is 2.08. The van der Waals surface area contributed by atoms with E-state index in [4.69, 9.17) is 0 Å². The van der Waals surface area contributed by atoms with Gasteiger partial charge in [0.05, 0.1) is 5.69 Å². The molecule has 0 spiro atoms. The molecule has 0 aliphatic rings. The molecular formula is C14H11FN2O. The first-order valence-electron chi connectivity index (χ1n) is 5.40. The van der Waals surface area contributed by atoms with Crippen LogP contribution in [-0.4, -0.2) is 10.9 Å². The Hall–Kier alpha value is -2.49. The van der Waals surface area contributed by atoms with Crippen LogP contribution in [0.5, 0.6) is 0 Å². The molecule has 18 heavy (non-hydrogen) atoms. The zero-order valence-electron chi connectivity index (χ0n) is 9.51. The predicted octanol–water partition coefficient (Wildman–Crippen LogP) is 2.87. The van der Waals surface area contributed by atoms with Crippen LogP contribution in [0.2, 0.25) is 0 Å². The summed E-state index contributed by atoms with van der Waals surface area (Å²) in [6.45, 7) is 0. The van der Waals surface area contributed by atoms with E-state index >= 15 is 0 Å². The van der Waals surface area contributed by atoms with E-state index in [9.17, 15) is 9.18 Å². The first-order valence-corrected chi connectivity index (χ1v) is 5.40. The molecule has 4 heteroatoms. The summed E-state index contributed by atoms with van der Waals surface area (Å²) in [4.78, 5) is 15.6. The number of rotatable bonds is 3. The fourth-order valence-corrected chi connectivity index (χ4v) is 1.35. The standard InChI is InChI=1S/C14H11FN2O/c15-11-4-6-13(7-5-11)17-14(18)9-8-12-3-1-2-10-16-12/h1-10H,(H,17,18)/b9-8+. The molecule has 0 radical (unpaired) electrons. The molecule has 0 atom stereocenters. The first-order chi connectivity index (χ1) is 8.74. The van der Waals surface area contributed by atoms with Crippen molar-refractivity contribution in [3.63, 3.8) is 0 Å². The SMILES string of the molecule is O=C(/C=C/c1ccccn1)Nc1ccc(F)cc1. The van der Waals surface area contributed by atoms with Crippen molar-refractivity contribution in [2.45, 2.75) is 0 Å². The van der Waals surface area contributed by atoms with Gasteiger partial charge in [0.2, 0.25) is 5.91 Å². The highest BCUT2D eigenvalue weighted by Gasteiger charge is 1.98. The Morgan fingerprint density at radius 1 is 1.17 bits per heavy atom. The summed E-state index contributed by atoms with van der Waals surface area (Å²) in [6, 6.07) is 11.0. The third-order valence-electron chi connectivity index (χ3n) is 2.20. The molecule has 0 saturated carbocycles. The number of amides is 1. The van der Waals surface area contributed by atoms with Crippen molar-refractivity contribution in [3.8, 4) is 0 Å². The Labute approximate surface area is 104 Å². The average molecular weight is 242 g/mol. The van der Waals surface area contributed by atoms with Crippen LogP contribution in [0.15, 0.2) is 54.7 Å². The Kier molecular flexibility index (Phi) is 3.81. The van der Waals surface area contributed by atoms with Crippen LogP contribution in [0.25, 0.3) is 6.08 Å². The molecule has 0 aliphatic heterocycles. The quantitative estimate of drug-likeness (QED) is 0.841. The number of nitrogens with zero attached hydrogens (tertiary/aromatic N) is 1. The van der Waals surface area contributed by atoms with Crippen molar-refractivity contribution in [2.75, 3.05) is 5.32 Å². The summed E-state index contributed by atoms with van der Waals surface area (Å²) >= 11 is 0. The summed E-state index contributed by atoms with van der Waals surface area (Å²) in [6.07, 6.45) is 4.64. The number of pyridine rings is 1. The predicted molar refractivity (Wildman–Crippen MR) is 68.3 cm³/mol. The largest absolute Gasteiger partial charge is 0.323 e. The van der Waals surface area contributed by atoms with E-state index < -0.39 is 0 Å². The molecule has 0 unspecified atom stereocenters. The van der Waals surface area contributed by atoms with Crippen LogP contribution in [-0.2, 0) is 4.79 Å². The molecule has 2 rings (SSSR count). The summed E-state index contributed by atoms with van der Waals surface area (Å²) in [7, 11) is 0. The third kappa shape index (κ3) is 3.52. The molecule has 90 valence electrons. The van der Waals surface area contributed by atoms with E-state index in [0.29, 0.717) is 11.4 Å². The molecule has 0 saturated heterocycles. The van der Waals surface area contributed by atoms with Gasteiger partial charge in [0.1, 0.15) is 5.82 Å². The van der Waals surface area contributed by atoms with Crippen LogP contribution in [0, 0.1) is 5.82 Å². The molecular weight excluding hydrogens is 231 g/mol. The molecule has 1 aromatic heterocycles. The van der Waals surface area contributed by atoms with Crippen molar-refractivity contribution in [1.29, 1.82) is 0 Å². The van der Waals surface area contributed by atoms with Gasteiger partial charge in [0.25, 0.3) is 0 Å². The first kappa shape index (κ1) is 12.0. The molecule has 3 nitrogen and oxygen atoms in total. The summed E-state index contributed by atoms with van der Waals surface area (Å²) < 4.78 is 12.7. The van der Waals surface area contributed by atoms with Crippen molar-refractivity contribution >= 4 is 17.7 Å². The van der Waals surface area contributed by atoms with Crippen LogP contribution < -0.4 is 5.32 Å². The van der Waals surface area contributed by atoms with Gasteiger partial charge in [-0.25, -0.2) is 4.39 Å². The van der Waals surface area contributed by atoms with Crippen LogP contribution >= 0.6 is 0 Å². The molecule has 2 aromatic rings. The second kappa shape index (κ2) is 5.72. The Morgan fingerprint density at radius 2 is 1.94 bits per heavy atom. The number of carbonyl (C=O) groups is 1. The lowest BCUT2D eigenvalue weighted by Gasteiger charge is -2.01. The monoisotopic (exact) mass is 242 g/mol. The molecule has 1 heterocycles. The van der Waals surface area contributed by atoms with Crippen LogP contribution in [0.1, 0.15) is 5.69 Å². The maximum Gasteiger partial charge on any atom is 0.248 e. The number of halogens is 1. The molecule has 0 fully saturated rings. The number of anilines is 1. The minimum Gasteiger partial charge on any atom is -0.323 e. The number of aromatic nitrogens is 1. The average Bonchev–Trinajstić information content (AvgIpc) is 2.40. The number of benzene rings is 1. The van der Waals surface area contributed by atoms with E-state index in [0.717, 1.165) is 0 Å². The zero-order chi connectivity index (χ0) is 12.8. The number of nitrogens with one attached hydrogen (secondary N) is 1. The topological polar surface area (TPSA) is 42.0 Å². The van der Waals surface area contributed by atoms with Gasteiger partial charge in [-0.2, -0.15) is 0 Å². The van der Waals surface area contributed by atoms with E-state index in [-0.39, 0.29) is 11.7 Å². The minimum absolute atomic E-state index is 0.285. The zero-order valence-corrected chi connectivity index (χ0v) is 9.51. The normalized spacial score (nSPS) is 10.5. The maximum atomic E-state index is 12.7. The minimum atomic E-state index is -0.336. The number of hydrogen-bond donors (Lipinski definition) is 1. The lowest BCUT2D eigenvalue weighted by molar-refractivity contribution is -0.111. The lowest BCUT2D eigenvalue weighted by atomic mass is 10.3. The van der Waals surface area contributed by atoms with Crippen molar-refractivity contribution in [2.24, 2.45) is 0 Å². The highest BCUT2D eigenvalue weighted by molar-refractivity contribution is 6.01. The molecule has 0 aliphatic carbocycles. The van der Waals surface area contributed by atoms with Gasteiger partial charge in [-0.15, -0.1) is 0 Å². The van der Waals surface area contributed by atoms with Gasteiger partial charge >= 0.3 is 0 Å². The molecule has 1 aromatic carbocycles. The summed E-state index contributed by atoms with van der Waals surface area (Å²) in [5.74, 6) is -0.621. The van der Waals surface area contributed by atoms with Gasteiger partial charge in [-0.1, -0.05) is 6.07 Å². The van der Waals surface area contributed by atoms with E-state index in [1.807, 2.05) is 6.07 Å². The van der Waals surface area contributed by atoms with E-state index in [2.05, 4.69) is 10.3 Å². The van der Waals surface area contributed by atoms with Gasteiger partial charge in [-0.3, -0.25) is 9.78 Å². The van der Waals surface area contributed by atoms with Crippen LogP contribution in [0.3, 0.4) is 0 Å². The van der Waals surface area contributed by atoms with Crippen molar-refractivity contribution in [1.82, 2.24) is 4.98 Å². The number of hydrogen-bond acceptors (Lipinski definition) is 2. The van der Waals surface area contributed by atoms with Gasteiger partial charge in [-0.05, 0) is 42.5 Å². The summed E-state index contributed by atoms with van der Waals surface area (Å²) in [5.41, 5.74) is 1.25. The summed E-state index contributed by atoms with van der Waals surface area (Å²) in [5, 5.41) is 2.62. The Bertz CT molecular complexity index is 550. The van der Waals surface area contributed by atoms with Gasteiger partial charge in [0.15, 0.2) is 0 Å². The van der Waals surface area contributed by atoms with Crippen LogP contribution in [0.4, 0.5) is 10.1 Å². The highest BCUT2D eigenvalue weighted by atomic mass is 19.1. The second-order valence-corrected chi connectivity index (χ2v) is 3.58. The van der Waals surface area contributed by atoms with E-state index in [1.54, 1.807) is 24.4 Å².